The van der Waals surface area contributed by atoms with Crippen molar-refractivity contribution in [3.05, 3.63) is 12.2 Å². The van der Waals surface area contributed by atoms with Crippen molar-refractivity contribution in [1.82, 2.24) is 4.90 Å². The summed E-state index contributed by atoms with van der Waals surface area (Å²) in [4.78, 5) is 2.25. The minimum atomic E-state index is -0.271. The lowest BCUT2D eigenvalue weighted by molar-refractivity contribution is -0.0426. The Morgan fingerprint density at radius 2 is 2.18 bits per heavy atom. The molecule has 0 aliphatic heterocycles. The molecule has 3 unspecified atom stereocenters. The van der Waals surface area contributed by atoms with Crippen LogP contribution in [0.5, 0.6) is 0 Å². The van der Waals surface area contributed by atoms with Crippen molar-refractivity contribution >= 4 is 0 Å². The quantitative estimate of drug-likeness (QED) is 0.745. The van der Waals surface area contributed by atoms with Gasteiger partial charge in [0, 0.05) is 5.54 Å². The number of aliphatic hydroxyl groups is 1. The number of nitrogens with zero attached hydrogens (tertiary/aromatic N) is 1. The van der Waals surface area contributed by atoms with Crippen LogP contribution in [0.2, 0.25) is 0 Å². The molecule has 3 atom stereocenters. The fourth-order valence-corrected chi connectivity index (χ4v) is 3.18. The Balaban J connectivity index is 2.79. The lowest BCUT2D eigenvalue weighted by Crippen LogP contribution is -2.56. The summed E-state index contributed by atoms with van der Waals surface area (Å²) in [6.07, 6.45) is 6.21. The van der Waals surface area contributed by atoms with Gasteiger partial charge in [0.05, 0.1) is 6.10 Å². The zero-order valence-corrected chi connectivity index (χ0v) is 12.0. The lowest BCUT2D eigenvalue weighted by Gasteiger charge is -2.48. The van der Waals surface area contributed by atoms with Crippen LogP contribution in [0.3, 0.4) is 0 Å². The van der Waals surface area contributed by atoms with E-state index in [-0.39, 0.29) is 11.6 Å². The van der Waals surface area contributed by atoms with Gasteiger partial charge in [-0.05, 0) is 45.7 Å². The van der Waals surface area contributed by atoms with Crippen LogP contribution < -0.4 is 0 Å². The van der Waals surface area contributed by atoms with Crippen molar-refractivity contribution in [1.29, 1.82) is 0 Å². The highest BCUT2D eigenvalue weighted by molar-refractivity contribution is 5.05. The van der Waals surface area contributed by atoms with Crippen molar-refractivity contribution in [2.45, 2.75) is 64.0 Å². The molecule has 0 aromatic heterocycles. The highest BCUT2D eigenvalue weighted by Crippen LogP contribution is 2.39. The van der Waals surface area contributed by atoms with Crippen LogP contribution in [0.4, 0.5) is 0 Å². The van der Waals surface area contributed by atoms with Gasteiger partial charge in [-0.1, -0.05) is 38.8 Å². The molecule has 1 rings (SSSR count). The van der Waals surface area contributed by atoms with Crippen LogP contribution in [0.25, 0.3) is 0 Å². The Bertz CT molecular complexity index is 262. The molecule has 0 aromatic rings. The third kappa shape index (κ3) is 3.32. The Hall–Kier alpha value is -0.340. The lowest BCUT2D eigenvalue weighted by atomic mass is 9.71. The zero-order chi connectivity index (χ0) is 13.1. The van der Waals surface area contributed by atoms with Gasteiger partial charge in [-0.3, -0.25) is 0 Å². The zero-order valence-electron chi connectivity index (χ0n) is 12.0. The summed E-state index contributed by atoms with van der Waals surface area (Å²) in [6.45, 7) is 8.46. The van der Waals surface area contributed by atoms with E-state index >= 15 is 0 Å². The first-order valence-corrected chi connectivity index (χ1v) is 6.94. The molecule has 1 fully saturated rings. The molecule has 0 aromatic carbocycles. The normalized spacial score (nSPS) is 31.5. The molecule has 1 aliphatic carbocycles. The van der Waals surface area contributed by atoms with Gasteiger partial charge in [0.2, 0.25) is 0 Å². The molecular weight excluding hydrogens is 210 g/mol. The maximum atomic E-state index is 10.6. The molecule has 0 heterocycles. The van der Waals surface area contributed by atoms with Crippen molar-refractivity contribution < 1.29 is 5.11 Å². The average Bonchev–Trinajstić information content (AvgIpc) is 2.28. The summed E-state index contributed by atoms with van der Waals surface area (Å²) in [5.41, 5.74) is 1.13. The van der Waals surface area contributed by atoms with Crippen molar-refractivity contribution in [3.63, 3.8) is 0 Å². The van der Waals surface area contributed by atoms with Gasteiger partial charge < -0.3 is 10.0 Å². The third-order valence-electron chi connectivity index (χ3n) is 4.50. The van der Waals surface area contributed by atoms with Crippen LogP contribution in [-0.2, 0) is 0 Å². The van der Waals surface area contributed by atoms with E-state index in [1.54, 1.807) is 0 Å². The maximum absolute atomic E-state index is 10.6. The summed E-state index contributed by atoms with van der Waals surface area (Å²) in [5, 5.41) is 10.6. The van der Waals surface area contributed by atoms with Crippen LogP contribution in [0, 0.1) is 5.92 Å². The molecule has 0 bridgehead atoms. The van der Waals surface area contributed by atoms with Crippen LogP contribution in [0.15, 0.2) is 12.2 Å². The molecule has 0 saturated heterocycles. The Morgan fingerprint density at radius 1 is 1.53 bits per heavy atom. The number of hydrogen-bond acceptors (Lipinski definition) is 2. The first kappa shape index (κ1) is 14.7. The van der Waals surface area contributed by atoms with E-state index in [1.165, 1.54) is 12.8 Å². The topological polar surface area (TPSA) is 23.5 Å². The molecule has 0 spiro atoms. The summed E-state index contributed by atoms with van der Waals surface area (Å²) >= 11 is 0. The summed E-state index contributed by atoms with van der Waals surface area (Å²) in [7, 11) is 4.21. The fraction of sp³-hybridized carbons (Fsp3) is 0.867. The van der Waals surface area contributed by atoms with Crippen molar-refractivity contribution in [2.75, 3.05) is 14.1 Å². The minimum absolute atomic E-state index is 0.0320. The van der Waals surface area contributed by atoms with E-state index in [4.69, 9.17) is 0 Å². The number of rotatable bonds is 5. The average molecular weight is 239 g/mol. The monoisotopic (exact) mass is 239 g/mol. The number of likely N-dealkylation sites (N-methyl/N-ethyl adjacent to an activating group) is 1. The number of hydrogen-bond donors (Lipinski definition) is 1. The molecule has 0 amide bonds. The summed E-state index contributed by atoms with van der Waals surface area (Å²) in [5.74, 6) is 0.718. The van der Waals surface area contributed by atoms with Gasteiger partial charge in [-0.15, -0.1) is 0 Å². The first-order chi connectivity index (χ1) is 7.92. The van der Waals surface area contributed by atoms with Gasteiger partial charge in [-0.25, -0.2) is 0 Å². The first-order valence-electron chi connectivity index (χ1n) is 6.94. The van der Waals surface area contributed by atoms with Gasteiger partial charge in [0.15, 0.2) is 0 Å². The Morgan fingerprint density at radius 3 is 2.65 bits per heavy atom. The Kier molecular flexibility index (Phi) is 5.21. The molecule has 0 radical (unpaired) electrons. The second kappa shape index (κ2) is 6.01. The number of aliphatic hydroxyl groups excluding tert-OH is 1. The minimum Gasteiger partial charge on any atom is -0.391 e. The van der Waals surface area contributed by atoms with E-state index in [0.29, 0.717) is 0 Å². The van der Waals surface area contributed by atoms with Crippen LogP contribution >= 0.6 is 0 Å². The summed E-state index contributed by atoms with van der Waals surface area (Å²) in [6, 6.07) is 0. The smallest absolute Gasteiger partial charge is 0.0760 e. The Labute approximate surface area is 107 Å². The van der Waals surface area contributed by atoms with E-state index < -0.39 is 0 Å². The second-order valence-electron chi connectivity index (χ2n) is 6.02. The summed E-state index contributed by atoms with van der Waals surface area (Å²) < 4.78 is 0. The molecule has 100 valence electrons. The standard InChI is InChI=1S/C15H29NO/c1-6-12(2)10-14(17)15(16(4)5)9-7-8-13(3)11-15/h13-14,17H,2,6-11H2,1,3-5H3. The fourth-order valence-electron chi connectivity index (χ4n) is 3.18. The third-order valence-corrected chi connectivity index (χ3v) is 4.50. The van der Waals surface area contributed by atoms with Crippen LogP contribution in [0.1, 0.15) is 52.4 Å². The molecular formula is C15H29NO. The molecule has 1 aliphatic rings. The van der Waals surface area contributed by atoms with Gasteiger partial charge in [0.25, 0.3) is 0 Å². The second-order valence-corrected chi connectivity index (χ2v) is 6.02. The van der Waals surface area contributed by atoms with Crippen molar-refractivity contribution in [3.8, 4) is 0 Å². The molecule has 1 N–H and O–H groups in total. The van der Waals surface area contributed by atoms with E-state index in [2.05, 4.69) is 39.4 Å². The van der Waals surface area contributed by atoms with Gasteiger partial charge >= 0.3 is 0 Å². The predicted octanol–water partition coefficient (Wildman–Crippen LogP) is 3.21. The molecule has 2 heteroatoms. The van der Waals surface area contributed by atoms with E-state index in [1.807, 2.05) is 0 Å². The van der Waals surface area contributed by atoms with Gasteiger partial charge in [-0.2, -0.15) is 0 Å². The highest BCUT2D eigenvalue weighted by Gasteiger charge is 2.42. The largest absolute Gasteiger partial charge is 0.391 e. The van der Waals surface area contributed by atoms with E-state index in [0.717, 1.165) is 37.2 Å². The SMILES string of the molecule is C=C(CC)CC(O)C1(N(C)C)CCCC(C)C1. The molecule has 2 nitrogen and oxygen atoms in total. The van der Waals surface area contributed by atoms with E-state index in [9.17, 15) is 5.11 Å². The molecule has 17 heavy (non-hydrogen) atoms. The molecule has 1 saturated carbocycles. The highest BCUT2D eigenvalue weighted by atomic mass is 16.3. The maximum Gasteiger partial charge on any atom is 0.0760 e. The van der Waals surface area contributed by atoms with Gasteiger partial charge in [0.1, 0.15) is 0 Å². The van der Waals surface area contributed by atoms with Crippen LogP contribution in [-0.4, -0.2) is 35.7 Å². The van der Waals surface area contributed by atoms with Crippen molar-refractivity contribution in [2.24, 2.45) is 5.92 Å². The predicted molar refractivity (Wildman–Crippen MR) is 74.1 cm³/mol.